The van der Waals surface area contributed by atoms with Gasteiger partial charge in [-0.3, -0.25) is 10.4 Å². The second-order valence-electron chi connectivity index (χ2n) is 8.79. The summed E-state index contributed by atoms with van der Waals surface area (Å²) >= 11 is 2.34. The van der Waals surface area contributed by atoms with Crippen molar-refractivity contribution >= 4 is 39.8 Å². The van der Waals surface area contributed by atoms with Crippen LogP contribution in [0.2, 0.25) is 0 Å². The van der Waals surface area contributed by atoms with Gasteiger partial charge in [-0.05, 0) is 40.3 Å². The third-order valence-corrected chi connectivity index (χ3v) is 6.47. The molecular formula is C21H26F2IN5. The van der Waals surface area contributed by atoms with Crippen LogP contribution in [0.1, 0.15) is 38.4 Å². The third-order valence-electron chi connectivity index (χ3n) is 5.42. The molecule has 1 N–H and O–H groups in total. The Morgan fingerprint density at radius 3 is 2.59 bits per heavy atom. The van der Waals surface area contributed by atoms with E-state index < -0.39 is 5.92 Å². The summed E-state index contributed by atoms with van der Waals surface area (Å²) in [4.78, 5) is 6.74. The van der Waals surface area contributed by atoms with Gasteiger partial charge in [0.05, 0.1) is 24.5 Å². The second kappa shape index (κ2) is 7.23. The standard InChI is InChI=1S/C21H26F2IN5/c1-20(2,3)17-11-16(28-10-9-21(22,23)13-28)18-19(25-17)29(27(4)26-18)12-14-7-5-6-8-15(14)24/h5-8,11,26H,9-10,12-13H2,1-4H3. The number of nitrogens with zero attached hydrogens (tertiary/aromatic N) is 4. The molecule has 1 fully saturated rings. The van der Waals surface area contributed by atoms with Gasteiger partial charge in [0.2, 0.25) is 0 Å². The van der Waals surface area contributed by atoms with Crippen molar-refractivity contribution in [3.8, 4) is 0 Å². The lowest BCUT2D eigenvalue weighted by Crippen LogP contribution is -2.38. The summed E-state index contributed by atoms with van der Waals surface area (Å²) < 4.78 is 29.1. The first-order chi connectivity index (χ1) is 13.5. The van der Waals surface area contributed by atoms with Crippen molar-refractivity contribution in [2.24, 2.45) is 0 Å². The molecule has 0 amide bonds. The largest absolute Gasteiger partial charge is 0.363 e. The fourth-order valence-corrected chi connectivity index (χ4v) is 4.28. The summed E-state index contributed by atoms with van der Waals surface area (Å²) in [7, 11) is 1.93. The molecule has 4 rings (SSSR count). The van der Waals surface area contributed by atoms with E-state index in [0.29, 0.717) is 13.1 Å². The van der Waals surface area contributed by atoms with Gasteiger partial charge in [-0.2, -0.15) is 0 Å². The first-order valence-corrected chi connectivity index (χ1v) is 10.8. The maximum absolute atomic E-state index is 14.0. The number of rotatable bonds is 3. The Bertz CT molecular complexity index is 928. The number of anilines is 3. The van der Waals surface area contributed by atoms with Crippen LogP contribution < -0.4 is 15.3 Å². The number of pyridine rings is 1. The molecule has 0 saturated carbocycles. The molecule has 5 nitrogen and oxygen atoms in total. The number of hydrogen-bond donors (Lipinski definition) is 1. The molecule has 156 valence electrons. The number of halogens is 3. The van der Waals surface area contributed by atoms with E-state index in [1.54, 1.807) is 4.90 Å². The van der Waals surface area contributed by atoms with Gasteiger partial charge in [-0.1, -0.05) is 39.0 Å². The quantitative estimate of drug-likeness (QED) is 0.584. The zero-order chi connectivity index (χ0) is 21.0. The first-order valence-electron chi connectivity index (χ1n) is 9.75. The smallest absolute Gasteiger partial charge is 0.266 e. The summed E-state index contributed by atoms with van der Waals surface area (Å²) in [5.41, 5.74) is 6.83. The molecule has 1 saturated heterocycles. The van der Waals surface area contributed by atoms with Gasteiger partial charge in [-0.25, -0.2) is 13.8 Å². The van der Waals surface area contributed by atoms with E-state index in [1.165, 1.54) is 9.13 Å². The van der Waals surface area contributed by atoms with E-state index in [2.05, 4.69) is 65.9 Å². The predicted octanol–water partition coefficient (Wildman–Crippen LogP) is 5.02. The molecule has 0 unspecified atom stereocenters. The van der Waals surface area contributed by atoms with Crippen molar-refractivity contribution < 1.29 is 8.78 Å². The number of benzene rings is 1. The van der Waals surface area contributed by atoms with Gasteiger partial charge in [-0.15, -0.1) is 5.12 Å². The van der Waals surface area contributed by atoms with Crippen LogP contribution in [0.25, 0.3) is 0 Å². The van der Waals surface area contributed by atoms with Gasteiger partial charge in [0.1, 0.15) is 5.69 Å². The highest BCUT2D eigenvalue weighted by Crippen LogP contribution is 2.45. The molecule has 2 aromatic rings. The van der Waals surface area contributed by atoms with Gasteiger partial charge in [0, 0.05) is 29.0 Å². The van der Waals surface area contributed by atoms with E-state index in [0.717, 1.165) is 22.9 Å². The molecule has 0 spiro atoms. The topological polar surface area (TPSA) is 34.6 Å². The molecule has 0 bridgehead atoms. The summed E-state index contributed by atoms with van der Waals surface area (Å²) in [5, 5.41) is 3.96. The van der Waals surface area contributed by atoms with Gasteiger partial charge in [0.25, 0.3) is 5.92 Å². The maximum Gasteiger partial charge on any atom is 0.266 e. The van der Waals surface area contributed by atoms with Crippen LogP contribution in [0.5, 0.6) is 0 Å². The van der Waals surface area contributed by atoms with Crippen LogP contribution in [0.3, 0.4) is 0 Å². The Morgan fingerprint density at radius 2 is 1.97 bits per heavy atom. The Morgan fingerprint density at radius 1 is 1.24 bits per heavy atom. The Balaban J connectivity index is 1.78. The highest BCUT2D eigenvalue weighted by molar-refractivity contribution is 14.1. The maximum atomic E-state index is 14.0. The third kappa shape index (κ3) is 4.01. The van der Waals surface area contributed by atoms with Crippen molar-refractivity contribution in [2.45, 2.75) is 45.1 Å². The van der Waals surface area contributed by atoms with Crippen LogP contribution in [0.4, 0.5) is 26.0 Å². The van der Waals surface area contributed by atoms with E-state index in [-0.39, 0.29) is 18.4 Å². The molecule has 2 aliphatic heterocycles. The molecule has 0 aliphatic carbocycles. The SMILES string of the molecule is CN1Nc2c(N3CCC(F)(F)C3)cc(C(C)(C)C)nc2N1Cc1ccccc1I. The fourth-order valence-electron chi connectivity index (χ4n) is 3.72. The highest BCUT2D eigenvalue weighted by atomic mass is 127. The van der Waals surface area contributed by atoms with E-state index in [4.69, 9.17) is 4.98 Å². The lowest BCUT2D eigenvalue weighted by Gasteiger charge is -2.27. The molecule has 8 heteroatoms. The van der Waals surface area contributed by atoms with Crippen LogP contribution in [-0.2, 0) is 12.0 Å². The average Bonchev–Trinajstić information content (AvgIpc) is 3.14. The monoisotopic (exact) mass is 513 g/mol. The minimum atomic E-state index is -2.65. The van der Waals surface area contributed by atoms with Crippen LogP contribution >= 0.6 is 22.6 Å². The van der Waals surface area contributed by atoms with Gasteiger partial charge in [0.15, 0.2) is 5.82 Å². The lowest BCUT2D eigenvalue weighted by atomic mass is 9.91. The van der Waals surface area contributed by atoms with Crippen LogP contribution in [0.15, 0.2) is 30.3 Å². The lowest BCUT2D eigenvalue weighted by molar-refractivity contribution is 0.0257. The van der Waals surface area contributed by atoms with E-state index in [1.807, 2.05) is 30.4 Å². The fraction of sp³-hybridized carbons (Fsp3) is 0.476. The van der Waals surface area contributed by atoms with Crippen molar-refractivity contribution in [3.05, 3.63) is 45.2 Å². The molecule has 0 atom stereocenters. The van der Waals surface area contributed by atoms with E-state index >= 15 is 0 Å². The zero-order valence-corrected chi connectivity index (χ0v) is 19.3. The molecule has 2 aliphatic rings. The predicted molar refractivity (Wildman–Crippen MR) is 121 cm³/mol. The van der Waals surface area contributed by atoms with Gasteiger partial charge >= 0.3 is 0 Å². The molecule has 3 heterocycles. The normalized spacial score (nSPS) is 18.9. The Kier molecular flexibility index (Phi) is 5.13. The minimum absolute atomic E-state index is 0.114. The van der Waals surface area contributed by atoms with Crippen molar-refractivity contribution in [1.29, 1.82) is 0 Å². The number of aromatic nitrogens is 1. The second-order valence-corrected chi connectivity index (χ2v) is 9.95. The summed E-state index contributed by atoms with van der Waals surface area (Å²) in [6.07, 6.45) is -0.114. The molecule has 1 aromatic carbocycles. The zero-order valence-electron chi connectivity index (χ0n) is 17.1. The summed E-state index contributed by atoms with van der Waals surface area (Å²) in [5.74, 6) is -1.87. The van der Waals surface area contributed by atoms with Crippen LogP contribution in [0, 0.1) is 3.57 Å². The van der Waals surface area contributed by atoms with Crippen molar-refractivity contribution in [3.63, 3.8) is 0 Å². The molecule has 1 aromatic heterocycles. The number of hydrogen-bond acceptors (Lipinski definition) is 5. The molecule has 0 radical (unpaired) electrons. The minimum Gasteiger partial charge on any atom is -0.363 e. The van der Waals surface area contributed by atoms with E-state index in [9.17, 15) is 8.78 Å². The van der Waals surface area contributed by atoms with Crippen molar-refractivity contribution in [1.82, 2.24) is 10.1 Å². The average molecular weight is 513 g/mol. The summed E-state index contributed by atoms with van der Waals surface area (Å²) in [6.45, 7) is 7.03. The number of nitrogens with one attached hydrogen (secondary N) is 1. The Hall–Kier alpha value is -1.68. The number of fused-ring (bicyclic) bond motifs is 1. The summed E-state index contributed by atoms with van der Waals surface area (Å²) in [6, 6.07) is 10.2. The first kappa shape index (κ1) is 20.6. The molecule has 29 heavy (non-hydrogen) atoms. The number of hydrazine groups is 2. The highest BCUT2D eigenvalue weighted by Gasteiger charge is 2.41. The number of alkyl halides is 2. The van der Waals surface area contributed by atoms with Gasteiger partial charge < -0.3 is 4.90 Å². The van der Waals surface area contributed by atoms with Crippen LogP contribution in [-0.4, -0.2) is 36.2 Å². The molecular weight excluding hydrogens is 487 g/mol. The van der Waals surface area contributed by atoms with Crippen molar-refractivity contribution in [2.75, 3.05) is 35.5 Å². The Labute approximate surface area is 184 Å².